The average molecular weight is 320 g/mol. The van der Waals surface area contributed by atoms with Crippen LogP contribution in [0.1, 0.15) is 5.69 Å². The van der Waals surface area contributed by atoms with Crippen molar-refractivity contribution >= 4 is 43.3 Å². The second kappa shape index (κ2) is 5.40. The molecule has 0 saturated heterocycles. The van der Waals surface area contributed by atoms with Gasteiger partial charge in [-0.05, 0) is 31.2 Å². The van der Waals surface area contributed by atoms with Crippen molar-refractivity contribution in [1.82, 2.24) is 15.0 Å². The number of fused-ring (bicyclic) bond motifs is 2. The molecule has 0 aliphatic carbocycles. The molecule has 4 aromatic rings. The highest BCUT2D eigenvalue weighted by atomic mass is 32.1. The molecule has 0 unspecified atom stereocenters. The van der Waals surface area contributed by atoms with Crippen LogP contribution in [0.15, 0.2) is 53.5 Å². The van der Waals surface area contributed by atoms with Gasteiger partial charge >= 0.3 is 0 Å². The van der Waals surface area contributed by atoms with Crippen LogP contribution in [0.25, 0.3) is 21.1 Å². The Bertz CT molecular complexity index is 1090. The Morgan fingerprint density at radius 2 is 1.96 bits per heavy atom. The Morgan fingerprint density at radius 3 is 2.87 bits per heavy atom. The van der Waals surface area contributed by atoms with Crippen LogP contribution in [-0.4, -0.2) is 15.0 Å². The van der Waals surface area contributed by atoms with E-state index in [2.05, 4.69) is 20.3 Å². The summed E-state index contributed by atoms with van der Waals surface area (Å²) in [4.78, 5) is 25.7. The standard InChI is InChI=1S/C17H12N4OS/c1-10-7-8-11-4-2-6-13(14(11)19-10)20-17-21-15(22)12-5-3-9-18-16(12)23-17/h2-9H,1H3,(H,20,21,22). The third-order valence-corrected chi connectivity index (χ3v) is 4.40. The van der Waals surface area contributed by atoms with Crippen molar-refractivity contribution in [3.8, 4) is 0 Å². The van der Waals surface area contributed by atoms with Crippen molar-refractivity contribution < 1.29 is 0 Å². The van der Waals surface area contributed by atoms with Gasteiger partial charge in [0.1, 0.15) is 4.83 Å². The molecular weight excluding hydrogens is 308 g/mol. The molecule has 3 aromatic heterocycles. The van der Waals surface area contributed by atoms with E-state index >= 15 is 0 Å². The van der Waals surface area contributed by atoms with Crippen molar-refractivity contribution in [1.29, 1.82) is 0 Å². The second-order valence-electron chi connectivity index (χ2n) is 5.14. The van der Waals surface area contributed by atoms with Gasteiger partial charge in [-0.2, -0.15) is 4.98 Å². The molecule has 0 bridgehead atoms. The summed E-state index contributed by atoms with van der Waals surface area (Å²) in [5, 5.41) is 5.29. The molecule has 3 heterocycles. The van der Waals surface area contributed by atoms with Gasteiger partial charge in [0, 0.05) is 17.3 Å². The number of aryl methyl sites for hydroxylation is 1. The lowest BCUT2D eigenvalue weighted by Gasteiger charge is -2.08. The highest BCUT2D eigenvalue weighted by Crippen LogP contribution is 2.27. The summed E-state index contributed by atoms with van der Waals surface area (Å²) in [7, 11) is 0. The number of hydrogen-bond acceptors (Lipinski definition) is 6. The van der Waals surface area contributed by atoms with E-state index in [1.54, 1.807) is 18.3 Å². The van der Waals surface area contributed by atoms with Crippen molar-refractivity contribution in [3.63, 3.8) is 0 Å². The first-order valence-corrected chi connectivity index (χ1v) is 7.92. The lowest BCUT2D eigenvalue weighted by atomic mass is 10.2. The lowest BCUT2D eigenvalue weighted by Crippen LogP contribution is -2.08. The number of rotatable bonds is 2. The summed E-state index contributed by atoms with van der Waals surface area (Å²) in [6, 6.07) is 13.4. The molecule has 5 nitrogen and oxygen atoms in total. The van der Waals surface area contributed by atoms with Gasteiger partial charge in [0.25, 0.3) is 5.56 Å². The first-order valence-electron chi connectivity index (χ1n) is 7.10. The predicted molar refractivity (Wildman–Crippen MR) is 93.4 cm³/mol. The van der Waals surface area contributed by atoms with Crippen molar-refractivity contribution in [3.05, 3.63) is 64.7 Å². The van der Waals surface area contributed by atoms with Crippen LogP contribution in [0, 0.1) is 6.92 Å². The topological polar surface area (TPSA) is 67.8 Å². The first-order chi connectivity index (χ1) is 11.2. The van der Waals surface area contributed by atoms with E-state index in [1.807, 2.05) is 37.3 Å². The van der Waals surface area contributed by atoms with Gasteiger partial charge in [0.15, 0.2) is 5.13 Å². The molecule has 0 spiro atoms. The molecule has 0 amide bonds. The van der Waals surface area contributed by atoms with Crippen molar-refractivity contribution in [2.75, 3.05) is 5.32 Å². The van der Waals surface area contributed by atoms with E-state index < -0.39 is 0 Å². The Kier molecular flexibility index (Phi) is 3.24. The van der Waals surface area contributed by atoms with Crippen molar-refractivity contribution in [2.24, 2.45) is 0 Å². The summed E-state index contributed by atoms with van der Waals surface area (Å²) in [5.41, 5.74) is 2.34. The fraction of sp³-hybridized carbons (Fsp3) is 0.0588. The van der Waals surface area contributed by atoms with E-state index in [0.29, 0.717) is 15.3 Å². The van der Waals surface area contributed by atoms with Gasteiger partial charge in [-0.25, -0.2) is 4.98 Å². The summed E-state index contributed by atoms with van der Waals surface area (Å²) < 4.78 is 0. The smallest absolute Gasteiger partial charge is 0.282 e. The monoisotopic (exact) mass is 320 g/mol. The molecule has 0 radical (unpaired) electrons. The third kappa shape index (κ3) is 2.53. The number of benzene rings is 1. The molecule has 23 heavy (non-hydrogen) atoms. The predicted octanol–water partition coefficient (Wildman–Crippen LogP) is 3.65. The first kappa shape index (κ1) is 13.8. The molecule has 0 saturated carbocycles. The summed E-state index contributed by atoms with van der Waals surface area (Å²) >= 11 is 1.35. The SMILES string of the molecule is Cc1ccc2cccc(Nc3nc(=O)c4cccnc4s3)c2n1. The van der Waals surface area contributed by atoms with Gasteiger partial charge in [-0.1, -0.05) is 29.5 Å². The molecule has 0 aliphatic heterocycles. The number of para-hydroxylation sites is 1. The fourth-order valence-electron chi connectivity index (χ4n) is 2.42. The largest absolute Gasteiger partial charge is 0.330 e. The number of hydrogen-bond donors (Lipinski definition) is 1. The zero-order chi connectivity index (χ0) is 15.8. The minimum absolute atomic E-state index is 0.279. The quantitative estimate of drug-likeness (QED) is 0.610. The highest BCUT2D eigenvalue weighted by Gasteiger charge is 2.08. The maximum absolute atomic E-state index is 12.1. The Labute approximate surface area is 135 Å². The van der Waals surface area contributed by atoms with Crippen molar-refractivity contribution in [2.45, 2.75) is 6.92 Å². The van der Waals surface area contributed by atoms with Gasteiger partial charge in [-0.3, -0.25) is 9.78 Å². The molecule has 4 rings (SSSR count). The maximum atomic E-state index is 12.1. The molecule has 0 fully saturated rings. The number of nitrogens with one attached hydrogen (secondary N) is 1. The summed E-state index contributed by atoms with van der Waals surface area (Å²) in [5.74, 6) is 0. The van der Waals surface area contributed by atoms with Crippen LogP contribution in [0.2, 0.25) is 0 Å². The average Bonchev–Trinajstić information content (AvgIpc) is 2.55. The summed E-state index contributed by atoms with van der Waals surface area (Å²) in [6.07, 6.45) is 1.67. The van der Waals surface area contributed by atoms with Gasteiger partial charge in [0.05, 0.1) is 16.6 Å². The zero-order valence-corrected chi connectivity index (χ0v) is 13.1. The second-order valence-corrected chi connectivity index (χ2v) is 6.11. The normalized spacial score (nSPS) is 11.0. The minimum atomic E-state index is -0.279. The van der Waals surface area contributed by atoms with Crippen LogP contribution in [0.4, 0.5) is 10.8 Å². The number of aromatic nitrogens is 3. The molecule has 0 aliphatic rings. The Morgan fingerprint density at radius 1 is 1.04 bits per heavy atom. The zero-order valence-electron chi connectivity index (χ0n) is 12.3. The van der Waals surface area contributed by atoms with E-state index in [0.717, 1.165) is 22.3 Å². The summed E-state index contributed by atoms with van der Waals surface area (Å²) in [6.45, 7) is 1.95. The van der Waals surface area contributed by atoms with E-state index in [1.165, 1.54) is 11.3 Å². The lowest BCUT2D eigenvalue weighted by molar-refractivity contribution is 1.25. The third-order valence-electron chi connectivity index (χ3n) is 3.50. The van der Waals surface area contributed by atoms with Crippen LogP contribution in [-0.2, 0) is 0 Å². The van der Waals surface area contributed by atoms with Gasteiger partial charge in [-0.15, -0.1) is 0 Å². The van der Waals surface area contributed by atoms with E-state index in [4.69, 9.17) is 0 Å². The molecule has 112 valence electrons. The van der Waals surface area contributed by atoms with E-state index in [-0.39, 0.29) is 5.56 Å². The molecule has 0 atom stereocenters. The fourth-order valence-corrected chi connectivity index (χ4v) is 3.27. The number of nitrogens with zero attached hydrogens (tertiary/aromatic N) is 3. The maximum Gasteiger partial charge on any atom is 0.282 e. The molecule has 1 aromatic carbocycles. The highest BCUT2D eigenvalue weighted by molar-refractivity contribution is 7.21. The van der Waals surface area contributed by atoms with Gasteiger partial charge in [0.2, 0.25) is 0 Å². The number of anilines is 2. The van der Waals surface area contributed by atoms with Gasteiger partial charge < -0.3 is 5.32 Å². The molecule has 1 N–H and O–H groups in total. The minimum Gasteiger partial charge on any atom is -0.330 e. The Balaban J connectivity index is 1.85. The van der Waals surface area contributed by atoms with Crippen LogP contribution >= 0.6 is 11.3 Å². The van der Waals surface area contributed by atoms with Crippen LogP contribution < -0.4 is 10.9 Å². The number of pyridine rings is 2. The van der Waals surface area contributed by atoms with Crippen LogP contribution in [0.3, 0.4) is 0 Å². The molecular formula is C17H12N4OS. The van der Waals surface area contributed by atoms with E-state index in [9.17, 15) is 4.79 Å². The molecule has 6 heteroatoms. The van der Waals surface area contributed by atoms with Crippen LogP contribution in [0.5, 0.6) is 0 Å². The Hall–Kier alpha value is -2.86.